The van der Waals surface area contributed by atoms with Gasteiger partial charge in [0.15, 0.2) is 11.5 Å². The molecule has 0 spiro atoms. The molecule has 0 radical (unpaired) electrons. The van der Waals surface area contributed by atoms with Crippen molar-refractivity contribution in [2.24, 2.45) is 0 Å². The van der Waals surface area contributed by atoms with E-state index in [1.807, 2.05) is 0 Å². The van der Waals surface area contributed by atoms with Gasteiger partial charge in [0.25, 0.3) is 0 Å². The molecular weight excluding hydrogens is 354 g/mol. The Morgan fingerprint density at radius 1 is 1.20 bits per heavy atom. The number of halogens is 1. The number of carbonyl (C=O) groups is 1. The second kappa shape index (κ2) is 6.91. The number of hydrogen-bond acceptors (Lipinski definition) is 6. The summed E-state index contributed by atoms with van der Waals surface area (Å²) < 4.78 is 41.1. The molecule has 1 aromatic rings. The minimum atomic E-state index is -3.89. The van der Waals surface area contributed by atoms with Gasteiger partial charge in [-0.2, -0.15) is 4.72 Å². The summed E-state index contributed by atoms with van der Waals surface area (Å²) in [6.45, 7) is -0.459. The molecule has 7 nitrogen and oxygen atoms in total. The third-order valence-electron chi connectivity index (χ3n) is 2.36. The Morgan fingerprint density at radius 3 is 2.25 bits per heavy atom. The van der Waals surface area contributed by atoms with Crippen molar-refractivity contribution in [3.63, 3.8) is 0 Å². The smallest absolute Gasteiger partial charge is 0.320 e. The van der Waals surface area contributed by atoms with Gasteiger partial charge < -0.3 is 14.2 Å². The molecule has 9 heteroatoms. The largest absolute Gasteiger partial charge is 0.493 e. The first-order chi connectivity index (χ1) is 9.35. The van der Waals surface area contributed by atoms with Crippen molar-refractivity contribution in [2.75, 3.05) is 27.9 Å². The number of carbonyl (C=O) groups excluding carboxylic acids is 1. The molecule has 1 N–H and O–H groups in total. The summed E-state index contributed by atoms with van der Waals surface area (Å²) in [4.78, 5) is 10.9. The van der Waals surface area contributed by atoms with Crippen LogP contribution >= 0.6 is 15.9 Å². The van der Waals surface area contributed by atoms with E-state index < -0.39 is 22.5 Å². The van der Waals surface area contributed by atoms with E-state index in [0.29, 0.717) is 5.75 Å². The van der Waals surface area contributed by atoms with Crippen molar-refractivity contribution >= 4 is 31.9 Å². The van der Waals surface area contributed by atoms with E-state index in [4.69, 9.17) is 9.47 Å². The molecule has 0 bridgehead atoms. The van der Waals surface area contributed by atoms with Crippen LogP contribution in [0.5, 0.6) is 11.5 Å². The number of benzene rings is 1. The van der Waals surface area contributed by atoms with Crippen LogP contribution in [0.1, 0.15) is 0 Å². The molecule has 0 saturated carbocycles. The number of methoxy groups -OCH3 is 3. The first-order valence-electron chi connectivity index (χ1n) is 5.33. The Bertz CT molecular complexity index is 601. The van der Waals surface area contributed by atoms with E-state index >= 15 is 0 Å². The van der Waals surface area contributed by atoms with Crippen molar-refractivity contribution in [3.05, 3.63) is 16.6 Å². The summed E-state index contributed by atoms with van der Waals surface area (Å²) in [7, 11) is 0.114. The minimum Gasteiger partial charge on any atom is -0.493 e. The fourth-order valence-corrected chi connectivity index (χ4v) is 3.35. The van der Waals surface area contributed by atoms with E-state index in [2.05, 4.69) is 25.4 Å². The zero-order chi connectivity index (χ0) is 15.3. The maximum atomic E-state index is 12.1. The van der Waals surface area contributed by atoms with Gasteiger partial charge in [0.1, 0.15) is 11.4 Å². The van der Waals surface area contributed by atoms with Crippen LogP contribution in [-0.2, 0) is 19.6 Å². The van der Waals surface area contributed by atoms with Gasteiger partial charge in [-0.15, -0.1) is 0 Å². The molecule has 0 atom stereocenters. The highest BCUT2D eigenvalue weighted by molar-refractivity contribution is 9.10. The maximum absolute atomic E-state index is 12.1. The van der Waals surface area contributed by atoms with Gasteiger partial charge in [0.2, 0.25) is 10.0 Å². The van der Waals surface area contributed by atoms with Gasteiger partial charge in [-0.05, 0) is 22.0 Å². The lowest BCUT2D eigenvalue weighted by Gasteiger charge is -2.12. The SMILES string of the molecule is COC(=O)CNS(=O)(=O)c1cc(OC)c(OC)cc1Br. The molecule has 20 heavy (non-hydrogen) atoms. The fourth-order valence-electron chi connectivity index (χ4n) is 1.35. The van der Waals surface area contributed by atoms with Crippen LogP contribution in [0.2, 0.25) is 0 Å². The Labute approximate surface area is 125 Å². The molecule has 1 rings (SSSR count). The molecular formula is C11H14BrNO6S. The number of nitrogens with one attached hydrogen (secondary N) is 1. The van der Waals surface area contributed by atoms with Gasteiger partial charge in [-0.25, -0.2) is 8.42 Å². The highest BCUT2D eigenvalue weighted by Crippen LogP contribution is 2.35. The van der Waals surface area contributed by atoms with E-state index in [1.165, 1.54) is 33.5 Å². The van der Waals surface area contributed by atoms with Gasteiger partial charge >= 0.3 is 5.97 Å². The highest BCUT2D eigenvalue weighted by Gasteiger charge is 2.22. The summed E-state index contributed by atoms with van der Waals surface area (Å²) in [6, 6.07) is 2.76. The van der Waals surface area contributed by atoms with Gasteiger partial charge in [0.05, 0.1) is 21.3 Å². The quantitative estimate of drug-likeness (QED) is 0.751. The average molecular weight is 368 g/mol. The Kier molecular flexibility index (Phi) is 5.78. The zero-order valence-electron chi connectivity index (χ0n) is 11.1. The molecule has 1 aromatic carbocycles. The Balaban J connectivity index is 3.15. The van der Waals surface area contributed by atoms with E-state index in [9.17, 15) is 13.2 Å². The van der Waals surface area contributed by atoms with E-state index in [1.54, 1.807) is 0 Å². The van der Waals surface area contributed by atoms with Crippen LogP contribution in [-0.4, -0.2) is 42.3 Å². The second-order valence-electron chi connectivity index (χ2n) is 3.54. The minimum absolute atomic E-state index is 0.0703. The first-order valence-corrected chi connectivity index (χ1v) is 7.61. The topological polar surface area (TPSA) is 90.9 Å². The lowest BCUT2D eigenvalue weighted by atomic mass is 10.3. The van der Waals surface area contributed by atoms with E-state index in [-0.39, 0.29) is 15.1 Å². The Morgan fingerprint density at radius 2 is 1.75 bits per heavy atom. The molecule has 0 unspecified atom stereocenters. The van der Waals surface area contributed by atoms with Gasteiger partial charge in [-0.1, -0.05) is 0 Å². The number of rotatable bonds is 6. The van der Waals surface area contributed by atoms with Gasteiger partial charge in [-0.3, -0.25) is 4.79 Å². The standard InChI is InChI=1S/C11H14BrNO6S/c1-17-8-4-7(12)10(5-9(8)18-2)20(15,16)13-6-11(14)19-3/h4-5,13H,6H2,1-3H3. The highest BCUT2D eigenvalue weighted by atomic mass is 79.9. The van der Waals surface area contributed by atoms with Crippen molar-refractivity contribution in [1.82, 2.24) is 4.72 Å². The lowest BCUT2D eigenvalue weighted by Crippen LogP contribution is -2.30. The van der Waals surface area contributed by atoms with Gasteiger partial charge in [0, 0.05) is 10.5 Å². The summed E-state index contributed by atoms with van der Waals surface area (Å²) in [5.74, 6) is -0.0504. The Hall–Kier alpha value is -1.32. The molecule has 0 aromatic heterocycles. The van der Waals surface area contributed by atoms with Crippen LogP contribution in [0.4, 0.5) is 0 Å². The third kappa shape index (κ3) is 3.84. The predicted octanol–water partition coefficient (Wildman–Crippen LogP) is 0.918. The van der Waals surface area contributed by atoms with Crippen LogP contribution < -0.4 is 14.2 Å². The summed E-state index contributed by atoms with van der Waals surface area (Å²) in [6.07, 6.45) is 0. The zero-order valence-corrected chi connectivity index (χ0v) is 13.5. The monoisotopic (exact) mass is 367 g/mol. The molecule has 0 heterocycles. The first kappa shape index (κ1) is 16.7. The molecule has 0 aliphatic carbocycles. The summed E-state index contributed by atoms with van der Waals surface area (Å²) >= 11 is 3.14. The number of hydrogen-bond donors (Lipinski definition) is 1. The van der Waals surface area contributed by atoms with Crippen LogP contribution in [0.3, 0.4) is 0 Å². The number of esters is 1. The van der Waals surface area contributed by atoms with Crippen molar-refractivity contribution < 1.29 is 27.4 Å². The molecule has 0 saturated heterocycles. The summed E-state index contributed by atoms with van der Waals surface area (Å²) in [5, 5.41) is 0. The number of sulfonamides is 1. The van der Waals surface area contributed by atoms with Crippen molar-refractivity contribution in [3.8, 4) is 11.5 Å². The predicted molar refractivity (Wildman–Crippen MR) is 74.5 cm³/mol. The third-order valence-corrected chi connectivity index (χ3v) is 4.72. The van der Waals surface area contributed by atoms with Crippen LogP contribution in [0, 0.1) is 0 Å². The summed E-state index contributed by atoms with van der Waals surface area (Å²) in [5.41, 5.74) is 0. The fraction of sp³-hybridized carbons (Fsp3) is 0.364. The van der Waals surface area contributed by atoms with E-state index in [0.717, 1.165) is 0 Å². The second-order valence-corrected chi connectivity index (χ2v) is 6.13. The molecule has 0 aliphatic heterocycles. The number of ether oxygens (including phenoxy) is 3. The van der Waals surface area contributed by atoms with Crippen LogP contribution in [0.15, 0.2) is 21.5 Å². The molecule has 0 amide bonds. The molecule has 0 fully saturated rings. The van der Waals surface area contributed by atoms with Crippen molar-refractivity contribution in [2.45, 2.75) is 4.90 Å². The molecule has 112 valence electrons. The maximum Gasteiger partial charge on any atom is 0.320 e. The lowest BCUT2D eigenvalue weighted by molar-refractivity contribution is -0.139. The molecule has 0 aliphatic rings. The average Bonchev–Trinajstić information content (AvgIpc) is 2.44. The van der Waals surface area contributed by atoms with Crippen LogP contribution in [0.25, 0.3) is 0 Å². The van der Waals surface area contributed by atoms with Crippen molar-refractivity contribution in [1.29, 1.82) is 0 Å². The normalized spacial score (nSPS) is 11.0.